The number of halogens is 3. The number of anilines is 1. The van der Waals surface area contributed by atoms with E-state index in [9.17, 15) is 9.18 Å². The van der Waals surface area contributed by atoms with E-state index in [2.05, 4.69) is 10.3 Å². The lowest BCUT2D eigenvalue weighted by molar-refractivity contribution is -0.118. The molecule has 0 aliphatic carbocycles. The fraction of sp³-hybridized carbons (Fsp3) is 0.0667. The molecule has 0 aliphatic heterocycles. The Morgan fingerprint density at radius 3 is 2.74 bits per heavy atom. The fourth-order valence-electron chi connectivity index (χ4n) is 1.79. The molecule has 0 saturated heterocycles. The number of rotatable bonds is 4. The largest absolute Gasteiger partial charge is 0.484 e. The Morgan fingerprint density at radius 2 is 2.00 bits per heavy atom. The summed E-state index contributed by atoms with van der Waals surface area (Å²) in [5, 5.41) is 3.63. The summed E-state index contributed by atoms with van der Waals surface area (Å²) in [5.74, 6) is -0.125. The highest BCUT2D eigenvalue weighted by Gasteiger charge is 2.09. The number of fused-ring (bicyclic) bond motifs is 1. The highest BCUT2D eigenvalue weighted by Crippen LogP contribution is 2.26. The second-order valence-electron chi connectivity index (χ2n) is 4.42. The average molecular weight is 373 g/mol. The third-order valence-electron chi connectivity index (χ3n) is 2.78. The van der Waals surface area contributed by atoms with E-state index >= 15 is 0 Å². The highest BCUT2D eigenvalue weighted by molar-refractivity contribution is 7.22. The van der Waals surface area contributed by atoms with Gasteiger partial charge in [-0.1, -0.05) is 22.9 Å². The first kappa shape index (κ1) is 17.5. The number of carbonyl (C=O) groups is 1. The van der Waals surface area contributed by atoms with Gasteiger partial charge < -0.3 is 4.74 Å². The lowest BCUT2D eigenvalue weighted by Gasteiger charge is -2.05. The molecule has 1 heterocycles. The minimum absolute atomic E-state index is 0. The van der Waals surface area contributed by atoms with Crippen LogP contribution in [0.4, 0.5) is 9.52 Å². The van der Waals surface area contributed by atoms with Crippen molar-refractivity contribution in [2.75, 3.05) is 11.9 Å². The van der Waals surface area contributed by atoms with E-state index in [4.69, 9.17) is 16.3 Å². The minimum Gasteiger partial charge on any atom is -0.484 e. The average Bonchev–Trinajstić information content (AvgIpc) is 2.88. The topological polar surface area (TPSA) is 51.2 Å². The zero-order chi connectivity index (χ0) is 15.5. The van der Waals surface area contributed by atoms with E-state index < -0.39 is 0 Å². The Hall–Kier alpha value is -1.89. The number of carbonyl (C=O) groups excluding carboxylic acids is 1. The maximum absolute atomic E-state index is 13.1. The van der Waals surface area contributed by atoms with Crippen LogP contribution in [0.15, 0.2) is 42.5 Å². The number of thiazole rings is 1. The standard InChI is InChI=1S/C15H10ClFN2O2S.ClH/c16-9-1-4-11(5-2-9)21-8-14(20)19-15-18-12-6-3-10(17)7-13(12)22-15;/h1-7H,8H2,(H,18,19,20);1H. The Kier molecular flexibility index (Phi) is 5.76. The minimum atomic E-state index is -0.338. The molecule has 8 heteroatoms. The van der Waals surface area contributed by atoms with Gasteiger partial charge in [-0.3, -0.25) is 10.1 Å². The molecule has 0 bridgehead atoms. The van der Waals surface area contributed by atoms with Crippen molar-refractivity contribution in [2.45, 2.75) is 0 Å². The van der Waals surface area contributed by atoms with Gasteiger partial charge in [0.2, 0.25) is 0 Å². The summed E-state index contributed by atoms with van der Waals surface area (Å²) in [6, 6.07) is 11.0. The lowest BCUT2D eigenvalue weighted by Crippen LogP contribution is -2.19. The molecule has 4 nitrogen and oxygen atoms in total. The van der Waals surface area contributed by atoms with Crippen molar-refractivity contribution >= 4 is 56.6 Å². The van der Waals surface area contributed by atoms with E-state index in [1.54, 1.807) is 30.3 Å². The van der Waals surface area contributed by atoms with E-state index in [1.165, 1.54) is 23.5 Å². The molecule has 0 radical (unpaired) electrons. The van der Waals surface area contributed by atoms with Gasteiger partial charge in [0, 0.05) is 5.02 Å². The molecule has 0 atom stereocenters. The van der Waals surface area contributed by atoms with Gasteiger partial charge in [0.1, 0.15) is 11.6 Å². The molecule has 1 amide bonds. The van der Waals surface area contributed by atoms with Crippen LogP contribution in [0.2, 0.25) is 5.02 Å². The van der Waals surface area contributed by atoms with Crippen molar-refractivity contribution < 1.29 is 13.9 Å². The molecular formula is C15H11Cl2FN2O2S. The van der Waals surface area contributed by atoms with Crippen LogP contribution in [0.25, 0.3) is 10.2 Å². The van der Waals surface area contributed by atoms with Crippen LogP contribution >= 0.6 is 35.3 Å². The van der Waals surface area contributed by atoms with Crippen molar-refractivity contribution in [3.8, 4) is 5.75 Å². The molecule has 0 fully saturated rings. The van der Waals surface area contributed by atoms with E-state index in [-0.39, 0.29) is 30.7 Å². The number of nitrogens with one attached hydrogen (secondary N) is 1. The zero-order valence-corrected chi connectivity index (χ0v) is 14.0. The third-order valence-corrected chi connectivity index (χ3v) is 3.97. The van der Waals surface area contributed by atoms with Crippen LogP contribution in [0.3, 0.4) is 0 Å². The number of nitrogens with zero attached hydrogens (tertiary/aromatic N) is 1. The van der Waals surface area contributed by atoms with Crippen LogP contribution < -0.4 is 10.1 Å². The van der Waals surface area contributed by atoms with Crippen LogP contribution in [0, 0.1) is 5.82 Å². The molecule has 0 spiro atoms. The summed E-state index contributed by atoms with van der Waals surface area (Å²) in [6.45, 7) is -0.147. The summed E-state index contributed by atoms with van der Waals surface area (Å²) in [7, 11) is 0. The van der Waals surface area contributed by atoms with Gasteiger partial charge in [0.15, 0.2) is 11.7 Å². The number of hydrogen-bond acceptors (Lipinski definition) is 4. The van der Waals surface area contributed by atoms with Gasteiger partial charge in [0.25, 0.3) is 5.91 Å². The molecule has 120 valence electrons. The van der Waals surface area contributed by atoms with Crippen LogP contribution in [0.1, 0.15) is 0 Å². The predicted octanol–water partition coefficient (Wildman–Crippen LogP) is 4.53. The molecule has 3 rings (SSSR count). The molecule has 0 aliphatic rings. The van der Waals surface area contributed by atoms with E-state index in [0.29, 0.717) is 26.1 Å². The second-order valence-corrected chi connectivity index (χ2v) is 5.89. The first-order valence-electron chi connectivity index (χ1n) is 6.34. The Labute approximate surface area is 146 Å². The predicted molar refractivity (Wildman–Crippen MR) is 92.4 cm³/mol. The third kappa shape index (κ3) is 4.54. The van der Waals surface area contributed by atoms with Crippen molar-refractivity contribution in [2.24, 2.45) is 0 Å². The Morgan fingerprint density at radius 1 is 1.26 bits per heavy atom. The van der Waals surface area contributed by atoms with Gasteiger partial charge in [-0.05, 0) is 42.5 Å². The number of amides is 1. The first-order valence-corrected chi connectivity index (χ1v) is 7.54. The zero-order valence-electron chi connectivity index (χ0n) is 11.6. The highest BCUT2D eigenvalue weighted by atomic mass is 35.5. The summed E-state index contributed by atoms with van der Waals surface area (Å²) in [6.07, 6.45) is 0. The van der Waals surface area contributed by atoms with Crippen molar-refractivity contribution in [3.05, 3.63) is 53.3 Å². The molecule has 2 aromatic carbocycles. The Balaban J connectivity index is 0.00000192. The van der Waals surface area contributed by atoms with Crippen molar-refractivity contribution in [3.63, 3.8) is 0 Å². The number of aromatic nitrogens is 1. The molecule has 1 N–H and O–H groups in total. The van der Waals surface area contributed by atoms with Crippen LogP contribution in [-0.4, -0.2) is 17.5 Å². The summed E-state index contributed by atoms with van der Waals surface area (Å²) < 4.78 is 19.1. The van der Waals surface area contributed by atoms with Crippen LogP contribution in [0.5, 0.6) is 5.75 Å². The van der Waals surface area contributed by atoms with Crippen molar-refractivity contribution in [1.82, 2.24) is 4.98 Å². The van der Waals surface area contributed by atoms with E-state index in [1.807, 2.05) is 0 Å². The van der Waals surface area contributed by atoms with E-state index in [0.717, 1.165) is 0 Å². The van der Waals surface area contributed by atoms with Gasteiger partial charge in [0.05, 0.1) is 10.2 Å². The summed E-state index contributed by atoms with van der Waals surface area (Å²) in [5.41, 5.74) is 0.639. The first-order chi connectivity index (χ1) is 10.6. The smallest absolute Gasteiger partial charge is 0.264 e. The SMILES string of the molecule is Cl.O=C(COc1ccc(Cl)cc1)Nc1nc2ccc(F)cc2s1. The molecule has 1 aromatic heterocycles. The van der Waals surface area contributed by atoms with Crippen molar-refractivity contribution in [1.29, 1.82) is 0 Å². The molecule has 23 heavy (non-hydrogen) atoms. The summed E-state index contributed by atoms with van der Waals surface area (Å²) in [4.78, 5) is 16.0. The molecule has 3 aromatic rings. The molecule has 0 unspecified atom stereocenters. The normalized spacial score (nSPS) is 10.2. The molecular weight excluding hydrogens is 362 g/mol. The van der Waals surface area contributed by atoms with Gasteiger partial charge >= 0.3 is 0 Å². The second kappa shape index (κ2) is 7.59. The van der Waals surface area contributed by atoms with Gasteiger partial charge in [-0.2, -0.15) is 0 Å². The van der Waals surface area contributed by atoms with Crippen LogP contribution in [-0.2, 0) is 4.79 Å². The number of benzene rings is 2. The quantitative estimate of drug-likeness (QED) is 0.731. The number of ether oxygens (including phenoxy) is 1. The maximum atomic E-state index is 13.1. The monoisotopic (exact) mass is 372 g/mol. The number of hydrogen-bond donors (Lipinski definition) is 1. The fourth-order valence-corrected chi connectivity index (χ4v) is 2.82. The van der Waals surface area contributed by atoms with Gasteiger partial charge in [-0.15, -0.1) is 12.4 Å². The lowest BCUT2D eigenvalue weighted by atomic mass is 10.3. The Bertz CT molecular complexity index is 824. The summed E-state index contributed by atoms with van der Waals surface area (Å²) >= 11 is 6.97. The molecule has 0 saturated carbocycles. The van der Waals surface area contributed by atoms with Gasteiger partial charge in [-0.25, -0.2) is 9.37 Å². The maximum Gasteiger partial charge on any atom is 0.264 e.